The SMILES string of the molecule is COc1cc(N[C@@H](C)C(=O)N(C)Cc2ccccc2)cc(OC)c1OC. The average molecular weight is 358 g/mol. The monoisotopic (exact) mass is 358 g/mol. The highest BCUT2D eigenvalue weighted by molar-refractivity contribution is 5.84. The molecule has 0 unspecified atom stereocenters. The molecule has 0 saturated carbocycles. The van der Waals surface area contributed by atoms with Crippen LogP contribution in [-0.4, -0.2) is 45.2 Å². The van der Waals surface area contributed by atoms with Gasteiger partial charge in [-0.3, -0.25) is 4.79 Å². The van der Waals surface area contributed by atoms with Crippen LogP contribution in [0.15, 0.2) is 42.5 Å². The summed E-state index contributed by atoms with van der Waals surface area (Å²) in [6.07, 6.45) is 0. The molecule has 0 radical (unpaired) electrons. The van der Waals surface area contributed by atoms with Crippen LogP contribution in [0.25, 0.3) is 0 Å². The molecule has 1 atom stereocenters. The van der Waals surface area contributed by atoms with Gasteiger partial charge in [-0.2, -0.15) is 0 Å². The zero-order valence-corrected chi connectivity index (χ0v) is 15.9. The smallest absolute Gasteiger partial charge is 0.244 e. The molecule has 1 N–H and O–H groups in total. The Labute approximate surface area is 154 Å². The number of amides is 1. The number of benzene rings is 2. The molecule has 0 aliphatic carbocycles. The summed E-state index contributed by atoms with van der Waals surface area (Å²) in [5.41, 5.74) is 1.80. The van der Waals surface area contributed by atoms with E-state index in [1.165, 1.54) is 0 Å². The van der Waals surface area contributed by atoms with Crippen molar-refractivity contribution in [3.05, 3.63) is 48.0 Å². The fourth-order valence-corrected chi connectivity index (χ4v) is 2.74. The highest BCUT2D eigenvalue weighted by atomic mass is 16.5. The number of methoxy groups -OCH3 is 3. The van der Waals surface area contributed by atoms with E-state index in [0.29, 0.717) is 29.5 Å². The first kappa shape index (κ1) is 19.4. The van der Waals surface area contributed by atoms with Gasteiger partial charge in [0.15, 0.2) is 11.5 Å². The maximum absolute atomic E-state index is 12.7. The first-order valence-corrected chi connectivity index (χ1v) is 8.35. The number of carbonyl (C=O) groups is 1. The van der Waals surface area contributed by atoms with Crippen molar-refractivity contribution in [2.45, 2.75) is 19.5 Å². The van der Waals surface area contributed by atoms with Gasteiger partial charge in [0.2, 0.25) is 11.7 Å². The van der Waals surface area contributed by atoms with Crippen LogP contribution in [0.4, 0.5) is 5.69 Å². The van der Waals surface area contributed by atoms with E-state index in [1.807, 2.05) is 37.3 Å². The Morgan fingerprint density at radius 1 is 1.04 bits per heavy atom. The summed E-state index contributed by atoms with van der Waals surface area (Å²) in [7, 11) is 6.47. The summed E-state index contributed by atoms with van der Waals surface area (Å²) in [5, 5.41) is 3.20. The van der Waals surface area contributed by atoms with Crippen molar-refractivity contribution in [2.75, 3.05) is 33.7 Å². The lowest BCUT2D eigenvalue weighted by atomic mass is 10.2. The summed E-state index contributed by atoms with van der Waals surface area (Å²) in [6, 6.07) is 13.0. The summed E-state index contributed by atoms with van der Waals surface area (Å²) >= 11 is 0. The second-order valence-electron chi connectivity index (χ2n) is 5.96. The standard InChI is InChI=1S/C20H26N2O4/c1-14(20(23)22(2)13-15-9-7-6-8-10-15)21-16-11-17(24-3)19(26-5)18(12-16)25-4/h6-12,14,21H,13H2,1-5H3/t14-/m0/s1. The highest BCUT2D eigenvalue weighted by Gasteiger charge is 2.20. The molecule has 0 heterocycles. The molecule has 2 aromatic rings. The Morgan fingerprint density at radius 2 is 1.62 bits per heavy atom. The Bertz CT molecular complexity index is 709. The summed E-state index contributed by atoms with van der Waals surface area (Å²) in [4.78, 5) is 14.4. The van der Waals surface area contributed by atoms with Crippen molar-refractivity contribution in [1.82, 2.24) is 4.90 Å². The zero-order valence-electron chi connectivity index (χ0n) is 15.9. The van der Waals surface area contributed by atoms with Gasteiger partial charge in [-0.25, -0.2) is 0 Å². The van der Waals surface area contributed by atoms with Gasteiger partial charge in [0.05, 0.1) is 21.3 Å². The first-order chi connectivity index (χ1) is 12.5. The minimum atomic E-state index is -0.411. The van der Waals surface area contributed by atoms with Crippen LogP contribution < -0.4 is 19.5 Å². The molecule has 1 amide bonds. The molecule has 140 valence electrons. The number of carbonyl (C=O) groups excluding carboxylic acids is 1. The van der Waals surface area contributed by atoms with Crippen LogP contribution in [0.1, 0.15) is 12.5 Å². The van der Waals surface area contributed by atoms with E-state index in [9.17, 15) is 4.79 Å². The maximum Gasteiger partial charge on any atom is 0.244 e. The minimum absolute atomic E-state index is 0.0115. The highest BCUT2D eigenvalue weighted by Crippen LogP contribution is 2.40. The van der Waals surface area contributed by atoms with Gasteiger partial charge < -0.3 is 24.4 Å². The number of nitrogens with zero attached hydrogens (tertiary/aromatic N) is 1. The molecule has 0 aliphatic heterocycles. The normalized spacial score (nSPS) is 11.4. The summed E-state index contributed by atoms with van der Waals surface area (Å²) in [5.74, 6) is 1.57. The van der Waals surface area contributed by atoms with E-state index in [4.69, 9.17) is 14.2 Å². The van der Waals surface area contributed by atoms with Crippen LogP contribution >= 0.6 is 0 Å². The number of likely N-dealkylation sites (N-methyl/N-ethyl adjacent to an activating group) is 1. The topological polar surface area (TPSA) is 60.0 Å². The lowest BCUT2D eigenvalue weighted by Gasteiger charge is -2.23. The number of ether oxygens (including phenoxy) is 3. The molecular formula is C20H26N2O4. The van der Waals surface area contributed by atoms with Gasteiger partial charge in [-0.15, -0.1) is 0 Å². The third-order valence-electron chi connectivity index (χ3n) is 4.06. The van der Waals surface area contributed by atoms with Crippen molar-refractivity contribution in [1.29, 1.82) is 0 Å². The Hall–Kier alpha value is -2.89. The predicted molar refractivity (Wildman–Crippen MR) is 102 cm³/mol. The number of anilines is 1. The Balaban J connectivity index is 2.10. The number of hydrogen-bond acceptors (Lipinski definition) is 5. The Morgan fingerprint density at radius 3 is 2.12 bits per heavy atom. The van der Waals surface area contributed by atoms with Gasteiger partial charge in [-0.1, -0.05) is 30.3 Å². The molecule has 6 nitrogen and oxygen atoms in total. The quantitative estimate of drug-likeness (QED) is 0.785. The van der Waals surface area contributed by atoms with Crippen molar-refractivity contribution in [2.24, 2.45) is 0 Å². The van der Waals surface area contributed by atoms with Crippen molar-refractivity contribution in [3.8, 4) is 17.2 Å². The Kier molecular flexibility index (Phi) is 6.72. The molecule has 6 heteroatoms. The van der Waals surface area contributed by atoms with Crippen LogP contribution in [0.2, 0.25) is 0 Å². The largest absolute Gasteiger partial charge is 0.493 e. The van der Waals surface area contributed by atoms with E-state index >= 15 is 0 Å². The van der Waals surface area contributed by atoms with E-state index < -0.39 is 6.04 Å². The maximum atomic E-state index is 12.7. The molecule has 0 fully saturated rings. The fourth-order valence-electron chi connectivity index (χ4n) is 2.74. The van der Waals surface area contributed by atoms with Gasteiger partial charge in [0, 0.05) is 31.4 Å². The molecule has 0 bridgehead atoms. The van der Waals surface area contributed by atoms with E-state index in [2.05, 4.69) is 5.32 Å². The average Bonchev–Trinajstić information content (AvgIpc) is 2.67. The number of rotatable bonds is 8. The van der Waals surface area contributed by atoms with E-state index in [1.54, 1.807) is 45.4 Å². The van der Waals surface area contributed by atoms with Crippen LogP contribution in [-0.2, 0) is 11.3 Å². The van der Waals surface area contributed by atoms with Gasteiger partial charge in [0.1, 0.15) is 6.04 Å². The van der Waals surface area contributed by atoms with E-state index in [0.717, 1.165) is 5.56 Å². The minimum Gasteiger partial charge on any atom is -0.493 e. The van der Waals surface area contributed by atoms with Crippen LogP contribution in [0.3, 0.4) is 0 Å². The number of nitrogens with one attached hydrogen (secondary N) is 1. The fraction of sp³-hybridized carbons (Fsp3) is 0.350. The molecule has 0 saturated heterocycles. The second kappa shape index (κ2) is 8.99. The lowest BCUT2D eigenvalue weighted by Crippen LogP contribution is -2.38. The summed E-state index contributed by atoms with van der Waals surface area (Å²) in [6.45, 7) is 2.38. The molecule has 2 rings (SSSR count). The van der Waals surface area contributed by atoms with Gasteiger partial charge in [-0.05, 0) is 12.5 Å². The van der Waals surface area contributed by atoms with Gasteiger partial charge >= 0.3 is 0 Å². The van der Waals surface area contributed by atoms with Crippen molar-refractivity contribution in [3.63, 3.8) is 0 Å². The molecule has 0 spiro atoms. The predicted octanol–water partition coefficient (Wildman–Crippen LogP) is 3.17. The molecule has 0 aliphatic rings. The van der Waals surface area contributed by atoms with Crippen LogP contribution in [0.5, 0.6) is 17.2 Å². The van der Waals surface area contributed by atoms with Crippen molar-refractivity contribution >= 4 is 11.6 Å². The third-order valence-corrected chi connectivity index (χ3v) is 4.06. The van der Waals surface area contributed by atoms with Crippen molar-refractivity contribution < 1.29 is 19.0 Å². The van der Waals surface area contributed by atoms with Crippen LogP contribution in [0, 0.1) is 0 Å². The third kappa shape index (κ3) is 4.59. The second-order valence-corrected chi connectivity index (χ2v) is 5.96. The number of hydrogen-bond donors (Lipinski definition) is 1. The lowest BCUT2D eigenvalue weighted by molar-refractivity contribution is -0.130. The van der Waals surface area contributed by atoms with Gasteiger partial charge in [0.25, 0.3) is 0 Å². The molecule has 2 aromatic carbocycles. The molecular weight excluding hydrogens is 332 g/mol. The molecule has 0 aromatic heterocycles. The zero-order chi connectivity index (χ0) is 19.1. The molecule has 26 heavy (non-hydrogen) atoms. The summed E-state index contributed by atoms with van der Waals surface area (Å²) < 4.78 is 16.0. The van der Waals surface area contributed by atoms with E-state index in [-0.39, 0.29) is 5.91 Å². The first-order valence-electron chi connectivity index (χ1n) is 8.35.